The summed E-state index contributed by atoms with van der Waals surface area (Å²) in [5.41, 5.74) is 3.14. The van der Waals surface area contributed by atoms with Gasteiger partial charge in [-0.15, -0.1) is 0 Å². The van der Waals surface area contributed by atoms with Crippen LogP contribution in [0.4, 0.5) is 13.2 Å². The lowest BCUT2D eigenvalue weighted by atomic mass is 9.95. The number of hydrogen-bond acceptors (Lipinski definition) is 4. The first kappa shape index (κ1) is 20.1. The Morgan fingerprint density at radius 3 is 2.62 bits per heavy atom. The van der Waals surface area contributed by atoms with Crippen LogP contribution < -0.4 is 5.76 Å². The average Bonchev–Trinajstić information content (AvgIpc) is 3.29. The van der Waals surface area contributed by atoms with Gasteiger partial charge in [-0.1, -0.05) is 0 Å². The summed E-state index contributed by atoms with van der Waals surface area (Å²) < 4.78 is 47.6. The molecule has 0 saturated heterocycles. The fourth-order valence-corrected chi connectivity index (χ4v) is 4.32. The Bertz CT molecular complexity index is 1430. The SMILES string of the molecule is C[C@H]1c2nn(C)c(-c3cc(F)c(F)c(F)c3)c2CCN1C(=O)c1ccc2[nH]c(=O)oc2c1. The Kier molecular flexibility index (Phi) is 4.47. The second kappa shape index (κ2) is 7.11. The number of carbonyl (C=O) groups excluding carboxylic acids is 1. The lowest BCUT2D eigenvalue weighted by molar-refractivity contribution is 0.0673. The smallest absolute Gasteiger partial charge is 0.408 e. The van der Waals surface area contributed by atoms with Crippen molar-refractivity contribution in [1.29, 1.82) is 0 Å². The van der Waals surface area contributed by atoms with Crippen molar-refractivity contribution in [2.45, 2.75) is 19.4 Å². The van der Waals surface area contributed by atoms with Gasteiger partial charge in [0.05, 0.1) is 22.9 Å². The van der Waals surface area contributed by atoms with Crippen molar-refractivity contribution in [3.8, 4) is 11.3 Å². The quantitative estimate of drug-likeness (QED) is 0.480. The summed E-state index contributed by atoms with van der Waals surface area (Å²) in [6.07, 6.45) is 0.399. The molecule has 32 heavy (non-hydrogen) atoms. The van der Waals surface area contributed by atoms with E-state index in [0.717, 1.165) is 17.7 Å². The second-order valence-corrected chi connectivity index (χ2v) is 7.74. The number of nitrogens with zero attached hydrogens (tertiary/aromatic N) is 3. The molecule has 0 aliphatic carbocycles. The van der Waals surface area contributed by atoms with Gasteiger partial charge in [0, 0.05) is 30.3 Å². The van der Waals surface area contributed by atoms with Gasteiger partial charge in [-0.25, -0.2) is 18.0 Å². The van der Waals surface area contributed by atoms with Gasteiger partial charge in [0.1, 0.15) is 0 Å². The van der Waals surface area contributed by atoms with E-state index in [4.69, 9.17) is 4.42 Å². The van der Waals surface area contributed by atoms with Crippen LogP contribution in [-0.4, -0.2) is 32.1 Å². The number of halogens is 3. The van der Waals surface area contributed by atoms with Gasteiger partial charge >= 0.3 is 5.76 Å². The third-order valence-corrected chi connectivity index (χ3v) is 5.83. The van der Waals surface area contributed by atoms with Gasteiger partial charge in [0.25, 0.3) is 5.91 Å². The van der Waals surface area contributed by atoms with E-state index in [2.05, 4.69) is 10.1 Å². The highest BCUT2D eigenvalue weighted by Gasteiger charge is 2.33. The van der Waals surface area contributed by atoms with Crippen LogP contribution in [-0.2, 0) is 13.5 Å². The molecule has 0 bridgehead atoms. The van der Waals surface area contributed by atoms with Gasteiger partial charge < -0.3 is 9.32 Å². The Hall–Kier alpha value is -3.82. The number of nitrogens with one attached hydrogen (secondary N) is 1. The number of aryl methyl sites for hydroxylation is 1. The minimum atomic E-state index is -1.52. The highest BCUT2D eigenvalue weighted by molar-refractivity contribution is 5.97. The summed E-state index contributed by atoms with van der Waals surface area (Å²) in [5.74, 6) is -4.94. The minimum absolute atomic E-state index is 0.178. The van der Waals surface area contributed by atoms with Crippen molar-refractivity contribution >= 4 is 17.0 Å². The Morgan fingerprint density at radius 2 is 1.91 bits per heavy atom. The molecule has 1 atom stereocenters. The number of oxazole rings is 1. The second-order valence-electron chi connectivity index (χ2n) is 7.74. The van der Waals surface area contributed by atoms with E-state index >= 15 is 0 Å². The van der Waals surface area contributed by atoms with Gasteiger partial charge in [-0.05, 0) is 43.7 Å². The summed E-state index contributed by atoms with van der Waals surface area (Å²) in [6.45, 7) is 2.15. The molecule has 164 valence electrons. The van der Waals surface area contributed by atoms with Crippen LogP contribution in [0.15, 0.2) is 39.5 Å². The molecule has 1 aliphatic rings. The number of fused-ring (bicyclic) bond motifs is 2. The molecule has 3 heterocycles. The summed E-state index contributed by atoms with van der Waals surface area (Å²) in [6, 6.07) is 6.17. The van der Waals surface area contributed by atoms with E-state index in [9.17, 15) is 22.8 Å². The number of hydrogen-bond donors (Lipinski definition) is 1. The van der Waals surface area contributed by atoms with Crippen molar-refractivity contribution < 1.29 is 22.4 Å². The topological polar surface area (TPSA) is 84.1 Å². The summed E-state index contributed by atoms with van der Waals surface area (Å²) in [4.78, 5) is 28.7. The van der Waals surface area contributed by atoms with Gasteiger partial charge in [0.15, 0.2) is 23.0 Å². The molecule has 2 aromatic heterocycles. The maximum absolute atomic E-state index is 13.8. The predicted octanol–water partition coefficient (Wildman–Crippen LogP) is 3.70. The first-order chi connectivity index (χ1) is 15.2. The Labute approximate surface area is 179 Å². The molecule has 7 nitrogen and oxygen atoms in total. The largest absolute Gasteiger partial charge is 0.417 e. The number of aromatic amines is 1. The monoisotopic (exact) mass is 442 g/mol. The van der Waals surface area contributed by atoms with E-state index in [1.165, 1.54) is 10.7 Å². The summed E-state index contributed by atoms with van der Waals surface area (Å²) in [5, 5.41) is 4.49. The summed E-state index contributed by atoms with van der Waals surface area (Å²) >= 11 is 0. The molecule has 0 saturated carbocycles. The first-order valence-electron chi connectivity index (χ1n) is 9.89. The van der Waals surface area contributed by atoms with Gasteiger partial charge in [-0.3, -0.25) is 14.5 Å². The van der Waals surface area contributed by atoms with Crippen LogP contribution in [0.1, 0.15) is 34.6 Å². The van der Waals surface area contributed by atoms with Crippen molar-refractivity contribution in [2.75, 3.05) is 6.54 Å². The van der Waals surface area contributed by atoms with Gasteiger partial charge in [0.2, 0.25) is 0 Å². The number of amides is 1. The normalized spacial score (nSPS) is 15.9. The predicted molar refractivity (Wildman–Crippen MR) is 109 cm³/mol. The lowest BCUT2D eigenvalue weighted by Gasteiger charge is -2.33. The number of benzene rings is 2. The zero-order chi connectivity index (χ0) is 22.7. The fourth-order valence-electron chi connectivity index (χ4n) is 4.32. The van der Waals surface area contributed by atoms with E-state index in [1.807, 2.05) is 6.92 Å². The average molecular weight is 442 g/mol. The number of H-pyrrole nitrogens is 1. The zero-order valence-electron chi connectivity index (χ0n) is 17.1. The Morgan fingerprint density at radius 1 is 1.19 bits per heavy atom. The zero-order valence-corrected chi connectivity index (χ0v) is 17.1. The van der Waals surface area contributed by atoms with E-state index in [0.29, 0.717) is 35.4 Å². The van der Waals surface area contributed by atoms with E-state index < -0.39 is 29.2 Å². The molecular weight excluding hydrogens is 425 g/mol. The molecule has 4 aromatic rings. The summed E-state index contributed by atoms with van der Waals surface area (Å²) in [7, 11) is 1.63. The molecule has 0 radical (unpaired) electrons. The Balaban J connectivity index is 1.51. The van der Waals surface area contributed by atoms with E-state index in [1.54, 1.807) is 24.1 Å². The highest BCUT2D eigenvalue weighted by Crippen LogP contribution is 2.37. The highest BCUT2D eigenvalue weighted by atomic mass is 19.2. The van der Waals surface area contributed by atoms with Crippen molar-refractivity contribution in [1.82, 2.24) is 19.7 Å². The van der Waals surface area contributed by atoms with Crippen molar-refractivity contribution in [2.24, 2.45) is 7.05 Å². The molecule has 0 unspecified atom stereocenters. The molecule has 0 spiro atoms. The molecule has 5 rings (SSSR count). The fraction of sp³-hybridized carbons (Fsp3) is 0.227. The maximum Gasteiger partial charge on any atom is 0.417 e. The number of rotatable bonds is 2. The van der Waals surface area contributed by atoms with Crippen LogP contribution in [0.3, 0.4) is 0 Å². The maximum atomic E-state index is 13.8. The molecule has 1 aliphatic heterocycles. The van der Waals surface area contributed by atoms with Crippen LogP contribution in [0.2, 0.25) is 0 Å². The van der Waals surface area contributed by atoms with Crippen LogP contribution in [0.5, 0.6) is 0 Å². The third kappa shape index (κ3) is 3.02. The van der Waals surface area contributed by atoms with Crippen LogP contribution in [0, 0.1) is 17.5 Å². The first-order valence-corrected chi connectivity index (χ1v) is 9.89. The number of carbonyl (C=O) groups is 1. The van der Waals surface area contributed by atoms with Crippen LogP contribution >= 0.6 is 0 Å². The van der Waals surface area contributed by atoms with Gasteiger partial charge in [-0.2, -0.15) is 5.10 Å². The molecule has 1 N–H and O–H groups in total. The standard InChI is InChI=1S/C22H17F3N4O3/c1-10-19-13(20(28(2)27-19)12-7-14(23)18(25)15(24)8-12)5-6-29(10)21(30)11-3-4-16-17(9-11)32-22(31)26-16/h3-4,7-10H,5-6H2,1-2H3,(H,26,31)/t10-/m0/s1. The number of aromatic nitrogens is 3. The molecule has 0 fully saturated rings. The van der Waals surface area contributed by atoms with Crippen molar-refractivity contribution in [3.63, 3.8) is 0 Å². The lowest BCUT2D eigenvalue weighted by Crippen LogP contribution is -2.38. The van der Waals surface area contributed by atoms with Crippen molar-refractivity contribution in [3.05, 3.63) is 75.2 Å². The third-order valence-electron chi connectivity index (χ3n) is 5.83. The minimum Gasteiger partial charge on any atom is -0.408 e. The molecule has 2 aromatic carbocycles. The molecule has 10 heteroatoms. The molecular formula is C22H17F3N4O3. The van der Waals surface area contributed by atoms with Crippen LogP contribution in [0.25, 0.3) is 22.4 Å². The molecule has 1 amide bonds. The van der Waals surface area contributed by atoms with E-state index in [-0.39, 0.29) is 17.1 Å².